The maximum atomic E-state index is 2.65. The fraction of sp³-hybridized carbons (Fsp3) is 0.412. The molecule has 5 rings (SSSR count). The smallest absolute Gasteiger partial charge is 0.00532 e. The third-order valence-electron chi connectivity index (χ3n) is 4.88. The molecule has 18 heavy (non-hydrogen) atoms. The molecule has 2 aromatic carbocycles. The average Bonchev–Trinajstić information content (AvgIpc) is 2.48. The highest BCUT2D eigenvalue weighted by molar-refractivity contribution is 5.86. The van der Waals surface area contributed by atoms with Crippen LogP contribution in [-0.4, -0.2) is 24.5 Å². The largest absolute Gasteiger partial charge is 0.303 e. The van der Waals surface area contributed by atoms with Crippen molar-refractivity contribution in [2.24, 2.45) is 5.92 Å². The van der Waals surface area contributed by atoms with Crippen LogP contribution in [0.15, 0.2) is 42.5 Å². The number of hydrogen-bond acceptors (Lipinski definition) is 1. The Balaban J connectivity index is 1.83. The lowest BCUT2D eigenvalue weighted by molar-refractivity contribution is 0.0876. The molecule has 0 saturated carbocycles. The van der Waals surface area contributed by atoms with E-state index >= 15 is 0 Å². The van der Waals surface area contributed by atoms with E-state index in [0.29, 0.717) is 0 Å². The number of piperidine rings is 3. The van der Waals surface area contributed by atoms with Gasteiger partial charge in [-0.25, -0.2) is 0 Å². The molecular formula is C17H19N. The summed E-state index contributed by atoms with van der Waals surface area (Å²) >= 11 is 0. The molecule has 92 valence electrons. The van der Waals surface area contributed by atoms with Gasteiger partial charge in [0.2, 0.25) is 0 Å². The molecule has 3 saturated heterocycles. The number of fused-ring (bicyclic) bond motifs is 4. The molecular weight excluding hydrogens is 218 g/mol. The second kappa shape index (κ2) is 4.10. The highest BCUT2D eigenvalue weighted by atomic mass is 15.1. The van der Waals surface area contributed by atoms with Gasteiger partial charge >= 0.3 is 0 Å². The number of hydrogen-bond donors (Lipinski definition) is 0. The molecule has 3 aliphatic heterocycles. The predicted molar refractivity (Wildman–Crippen MR) is 75.9 cm³/mol. The van der Waals surface area contributed by atoms with E-state index in [9.17, 15) is 0 Å². The molecule has 1 heteroatoms. The fourth-order valence-corrected chi connectivity index (χ4v) is 3.89. The molecule has 2 aromatic rings. The first-order valence-corrected chi connectivity index (χ1v) is 7.12. The van der Waals surface area contributed by atoms with Crippen LogP contribution in [0.4, 0.5) is 0 Å². The molecule has 3 heterocycles. The molecule has 0 radical (unpaired) electrons. The van der Waals surface area contributed by atoms with E-state index in [1.165, 1.54) is 43.2 Å². The van der Waals surface area contributed by atoms with Crippen LogP contribution >= 0.6 is 0 Å². The van der Waals surface area contributed by atoms with Crippen molar-refractivity contribution in [3.05, 3.63) is 48.0 Å². The topological polar surface area (TPSA) is 3.24 Å². The summed E-state index contributed by atoms with van der Waals surface area (Å²) in [6.45, 7) is 3.93. The average molecular weight is 237 g/mol. The van der Waals surface area contributed by atoms with Gasteiger partial charge in [0.15, 0.2) is 0 Å². The number of rotatable bonds is 1. The molecule has 3 aliphatic rings. The lowest BCUT2D eigenvalue weighted by Gasteiger charge is -2.45. The van der Waals surface area contributed by atoms with E-state index in [1.807, 2.05) is 0 Å². The molecule has 3 fully saturated rings. The third kappa shape index (κ3) is 1.58. The first-order chi connectivity index (χ1) is 8.92. The highest BCUT2D eigenvalue weighted by Gasteiger charge is 2.35. The van der Waals surface area contributed by atoms with Crippen LogP contribution in [0.25, 0.3) is 10.8 Å². The van der Waals surface area contributed by atoms with Crippen LogP contribution in [-0.2, 0) is 0 Å². The second-order valence-corrected chi connectivity index (χ2v) is 5.81. The molecule has 0 spiro atoms. The lowest BCUT2D eigenvalue weighted by Crippen LogP contribution is -2.46. The first kappa shape index (κ1) is 10.6. The molecule has 1 nitrogen and oxygen atoms in total. The minimum Gasteiger partial charge on any atom is -0.303 e. The minimum atomic E-state index is 0.763. The van der Waals surface area contributed by atoms with Gasteiger partial charge in [0, 0.05) is 12.5 Å². The van der Waals surface area contributed by atoms with Crippen molar-refractivity contribution < 1.29 is 0 Å². The summed E-state index contributed by atoms with van der Waals surface area (Å²) in [6.07, 6.45) is 2.79. The van der Waals surface area contributed by atoms with Gasteiger partial charge in [-0.2, -0.15) is 0 Å². The minimum absolute atomic E-state index is 0.763. The van der Waals surface area contributed by atoms with Crippen molar-refractivity contribution >= 4 is 10.8 Å². The van der Waals surface area contributed by atoms with Crippen LogP contribution in [0.3, 0.4) is 0 Å². The van der Waals surface area contributed by atoms with Crippen LogP contribution in [0.2, 0.25) is 0 Å². The van der Waals surface area contributed by atoms with Crippen molar-refractivity contribution in [2.45, 2.75) is 18.8 Å². The monoisotopic (exact) mass is 237 g/mol. The summed E-state index contributed by atoms with van der Waals surface area (Å²) in [5, 5.41) is 2.87. The zero-order valence-electron chi connectivity index (χ0n) is 10.7. The van der Waals surface area contributed by atoms with Gasteiger partial charge in [0.1, 0.15) is 0 Å². The Hall–Kier alpha value is -1.34. The molecule has 0 N–H and O–H groups in total. The van der Waals surface area contributed by atoms with E-state index in [-0.39, 0.29) is 0 Å². The molecule has 2 bridgehead atoms. The summed E-state index contributed by atoms with van der Waals surface area (Å²) < 4.78 is 0. The standard InChI is InChI=1S/C17H19N/c1-2-6-15-13(4-1)5-3-7-16(15)17-12-18-10-8-14(17)9-11-18/h1-7,14,17H,8-12H2. The molecule has 1 unspecified atom stereocenters. The number of benzene rings is 2. The predicted octanol–water partition coefficient (Wildman–Crippen LogP) is 3.65. The Kier molecular flexibility index (Phi) is 2.41. The maximum absolute atomic E-state index is 2.65. The van der Waals surface area contributed by atoms with Crippen LogP contribution in [0, 0.1) is 5.92 Å². The van der Waals surface area contributed by atoms with Crippen molar-refractivity contribution in [3.63, 3.8) is 0 Å². The van der Waals surface area contributed by atoms with Crippen molar-refractivity contribution in [1.29, 1.82) is 0 Å². The summed E-state index contributed by atoms with van der Waals surface area (Å²) in [5.41, 5.74) is 1.59. The summed E-state index contributed by atoms with van der Waals surface area (Å²) in [4.78, 5) is 2.65. The normalized spacial score (nSPS) is 30.8. The zero-order chi connectivity index (χ0) is 11.9. The van der Waals surface area contributed by atoms with E-state index in [4.69, 9.17) is 0 Å². The summed E-state index contributed by atoms with van der Waals surface area (Å²) in [5.74, 6) is 1.68. The lowest BCUT2D eigenvalue weighted by atomic mass is 9.74. The van der Waals surface area contributed by atoms with Crippen LogP contribution in [0.5, 0.6) is 0 Å². The Morgan fingerprint density at radius 2 is 1.67 bits per heavy atom. The third-order valence-corrected chi connectivity index (χ3v) is 4.88. The first-order valence-electron chi connectivity index (χ1n) is 7.12. The van der Waals surface area contributed by atoms with E-state index in [0.717, 1.165) is 11.8 Å². The zero-order valence-corrected chi connectivity index (χ0v) is 10.7. The van der Waals surface area contributed by atoms with Gasteiger partial charge in [0.25, 0.3) is 0 Å². The van der Waals surface area contributed by atoms with Crippen molar-refractivity contribution in [1.82, 2.24) is 4.90 Å². The van der Waals surface area contributed by atoms with Crippen LogP contribution < -0.4 is 0 Å². The Labute approximate surface area is 108 Å². The maximum Gasteiger partial charge on any atom is 0.00532 e. The van der Waals surface area contributed by atoms with Crippen molar-refractivity contribution in [3.8, 4) is 0 Å². The SMILES string of the molecule is c1ccc2c(C3CN4CCC3CC4)cccc2c1. The van der Waals surface area contributed by atoms with Gasteiger partial charge in [-0.05, 0) is 48.2 Å². The second-order valence-electron chi connectivity index (χ2n) is 5.81. The summed E-state index contributed by atoms with van der Waals surface area (Å²) in [7, 11) is 0. The molecule has 1 atom stereocenters. The Bertz CT molecular complexity index is 561. The van der Waals surface area contributed by atoms with E-state index in [1.54, 1.807) is 5.56 Å². The van der Waals surface area contributed by atoms with Gasteiger partial charge in [-0.3, -0.25) is 0 Å². The van der Waals surface area contributed by atoms with E-state index in [2.05, 4.69) is 47.4 Å². The van der Waals surface area contributed by atoms with Gasteiger partial charge < -0.3 is 4.90 Å². The van der Waals surface area contributed by atoms with Gasteiger partial charge in [-0.15, -0.1) is 0 Å². The Morgan fingerprint density at radius 1 is 0.889 bits per heavy atom. The van der Waals surface area contributed by atoms with E-state index < -0.39 is 0 Å². The van der Waals surface area contributed by atoms with Crippen LogP contribution in [0.1, 0.15) is 24.3 Å². The molecule has 0 aromatic heterocycles. The highest BCUT2D eigenvalue weighted by Crippen LogP contribution is 2.41. The number of nitrogens with zero attached hydrogens (tertiary/aromatic N) is 1. The summed E-state index contributed by atoms with van der Waals surface area (Å²) in [6, 6.07) is 15.7. The van der Waals surface area contributed by atoms with Gasteiger partial charge in [0.05, 0.1) is 0 Å². The van der Waals surface area contributed by atoms with Gasteiger partial charge in [-0.1, -0.05) is 42.5 Å². The van der Waals surface area contributed by atoms with Crippen molar-refractivity contribution in [2.75, 3.05) is 19.6 Å². The Morgan fingerprint density at radius 3 is 2.44 bits per heavy atom. The molecule has 0 aliphatic carbocycles. The molecule has 0 amide bonds. The quantitative estimate of drug-likeness (QED) is 0.732. The fourth-order valence-electron chi connectivity index (χ4n) is 3.89.